The first-order chi connectivity index (χ1) is 8.99. The summed E-state index contributed by atoms with van der Waals surface area (Å²) >= 11 is 3.42. The second kappa shape index (κ2) is 7.31. The second-order valence-corrected chi connectivity index (χ2v) is 5.12. The molecule has 0 fully saturated rings. The Balaban J connectivity index is 2.86. The van der Waals surface area contributed by atoms with Crippen LogP contribution in [0.1, 0.15) is 18.1 Å². The van der Waals surface area contributed by atoms with Crippen LogP contribution in [-0.2, 0) is 11.3 Å². The van der Waals surface area contributed by atoms with Crippen LogP contribution in [0.5, 0.6) is 5.75 Å². The summed E-state index contributed by atoms with van der Waals surface area (Å²) in [4.78, 5) is 11.8. The highest BCUT2D eigenvalue weighted by molar-refractivity contribution is 9.10. The molecular weight excluding hydrogens is 308 g/mol. The molecule has 0 heterocycles. The topological polar surface area (TPSA) is 64.3 Å². The van der Waals surface area contributed by atoms with Crippen molar-refractivity contribution in [1.82, 2.24) is 5.32 Å². The van der Waals surface area contributed by atoms with Crippen LogP contribution in [0, 0.1) is 6.92 Å². The number of carbonyl (C=O) groups excluding carboxylic acids is 1. The largest absolute Gasteiger partial charge is 0.480 e. The first kappa shape index (κ1) is 15.7. The molecule has 0 aliphatic heterocycles. The third-order valence-electron chi connectivity index (χ3n) is 2.62. The van der Waals surface area contributed by atoms with E-state index < -0.39 is 6.10 Å². The van der Waals surface area contributed by atoms with Crippen molar-refractivity contribution in [3.63, 3.8) is 0 Å². The predicted octanol–water partition coefficient (Wildman–Crippen LogP) is 2.29. The maximum atomic E-state index is 11.8. The highest BCUT2D eigenvalue weighted by Gasteiger charge is 2.17. The van der Waals surface area contributed by atoms with E-state index in [1.807, 2.05) is 19.1 Å². The van der Waals surface area contributed by atoms with Crippen molar-refractivity contribution >= 4 is 21.8 Å². The summed E-state index contributed by atoms with van der Waals surface area (Å²) in [7, 11) is 0. The van der Waals surface area contributed by atoms with Crippen molar-refractivity contribution < 1.29 is 9.53 Å². The van der Waals surface area contributed by atoms with Crippen molar-refractivity contribution in [2.45, 2.75) is 26.5 Å². The van der Waals surface area contributed by atoms with Gasteiger partial charge in [-0.2, -0.15) is 0 Å². The molecule has 0 radical (unpaired) electrons. The number of carbonyl (C=O) groups is 1. The number of nitrogens with two attached hydrogens (primary N) is 1. The molecule has 0 bridgehead atoms. The Morgan fingerprint density at radius 3 is 2.89 bits per heavy atom. The van der Waals surface area contributed by atoms with E-state index in [1.165, 1.54) is 0 Å². The first-order valence-corrected chi connectivity index (χ1v) is 6.83. The predicted molar refractivity (Wildman–Crippen MR) is 80.1 cm³/mol. The van der Waals surface area contributed by atoms with Gasteiger partial charge < -0.3 is 15.8 Å². The minimum atomic E-state index is -0.579. The maximum absolute atomic E-state index is 11.8. The maximum Gasteiger partial charge on any atom is 0.261 e. The zero-order chi connectivity index (χ0) is 14.4. The zero-order valence-corrected chi connectivity index (χ0v) is 12.8. The lowest BCUT2D eigenvalue weighted by Gasteiger charge is -2.18. The summed E-state index contributed by atoms with van der Waals surface area (Å²) in [5.41, 5.74) is 7.52. The number of rotatable bonds is 6. The van der Waals surface area contributed by atoms with Crippen LogP contribution in [0.3, 0.4) is 0 Å². The summed E-state index contributed by atoms with van der Waals surface area (Å²) in [6.07, 6.45) is 1.05. The highest BCUT2D eigenvalue weighted by atomic mass is 79.9. The number of amides is 1. The van der Waals surface area contributed by atoms with Gasteiger partial charge in [0.1, 0.15) is 5.75 Å². The average molecular weight is 327 g/mol. The van der Waals surface area contributed by atoms with E-state index in [1.54, 1.807) is 13.0 Å². The summed E-state index contributed by atoms with van der Waals surface area (Å²) in [6, 6.07) is 3.83. The van der Waals surface area contributed by atoms with E-state index in [0.717, 1.165) is 15.6 Å². The fourth-order valence-corrected chi connectivity index (χ4v) is 2.29. The second-order valence-electron chi connectivity index (χ2n) is 4.21. The Hall–Kier alpha value is -1.33. The molecule has 1 aromatic carbocycles. The van der Waals surface area contributed by atoms with Gasteiger partial charge in [-0.3, -0.25) is 4.79 Å². The highest BCUT2D eigenvalue weighted by Crippen LogP contribution is 2.28. The fourth-order valence-electron chi connectivity index (χ4n) is 1.67. The monoisotopic (exact) mass is 326 g/mol. The molecule has 19 heavy (non-hydrogen) atoms. The van der Waals surface area contributed by atoms with Crippen LogP contribution in [0.2, 0.25) is 0 Å². The molecule has 0 aliphatic carbocycles. The molecule has 104 valence electrons. The van der Waals surface area contributed by atoms with Crippen LogP contribution >= 0.6 is 15.9 Å². The normalized spacial score (nSPS) is 11.8. The van der Waals surface area contributed by atoms with E-state index in [-0.39, 0.29) is 5.91 Å². The van der Waals surface area contributed by atoms with E-state index >= 15 is 0 Å². The van der Waals surface area contributed by atoms with Crippen LogP contribution in [0.25, 0.3) is 0 Å². The van der Waals surface area contributed by atoms with Crippen LogP contribution in [0.4, 0.5) is 0 Å². The Morgan fingerprint density at radius 1 is 1.63 bits per heavy atom. The van der Waals surface area contributed by atoms with Gasteiger partial charge in [0.15, 0.2) is 6.10 Å². The van der Waals surface area contributed by atoms with Crippen LogP contribution < -0.4 is 15.8 Å². The van der Waals surface area contributed by atoms with Crippen LogP contribution in [0.15, 0.2) is 29.3 Å². The van der Waals surface area contributed by atoms with Crippen molar-refractivity contribution in [2.24, 2.45) is 5.73 Å². The van der Waals surface area contributed by atoms with Gasteiger partial charge in [0.2, 0.25) is 0 Å². The molecule has 1 aromatic rings. The van der Waals surface area contributed by atoms with Gasteiger partial charge in [-0.25, -0.2) is 0 Å². The molecule has 1 rings (SSSR count). The van der Waals surface area contributed by atoms with E-state index in [4.69, 9.17) is 10.5 Å². The molecule has 0 saturated heterocycles. The number of aryl methyl sites for hydroxylation is 1. The van der Waals surface area contributed by atoms with E-state index in [2.05, 4.69) is 27.8 Å². The molecular formula is C14H19BrN2O2. The molecule has 4 nitrogen and oxygen atoms in total. The number of hydrogen-bond acceptors (Lipinski definition) is 3. The van der Waals surface area contributed by atoms with Gasteiger partial charge in [0, 0.05) is 23.1 Å². The third-order valence-corrected chi connectivity index (χ3v) is 3.08. The van der Waals surface area contributed by atoms with E-state index in [9.17, 15) is 4.79 Å². The van der Waals surface area contributed by atoms with Crippen molar-refractivity contribution in [3.8, 4) is 5.75 Å². The lowest BCUT2D eigenvalue weighted by Crippen LogP contribution is -2.36. The Morgan fingerprint density at radius 2 is 2.32 bits per heavy atom. The standard InChI is InChI=1S/C14H19BrN2O2/c1-4-5-17-14(18)10(3)19-13-9(2)6-12(15)7-11(13)8-16/h4,6-7,10H,1,5,8,16H2,2-3H3,(H,17,18). The van der Waals surface area contributed by atoms with Crippen molar-refractivity contribution in [1.29, 1.82) is 0 Å². The molecule has 3 N–H and O–H groups in total. The number of nitrogens with one attached hydrogen (secondary N) is 1. The number of halogens is 1. The smallest absolute Gasteiger partial charge is 0.261 e. The Bertz CT molecular complexity index is 475. The molecule has 0 aliphatic rings. The van der Waals surface area contributed by atoms with Gasteiger partial charge in [-0.1, -0.05) is 22.0 Å². The lowest BCUT2D eigenvalue weighted by atomic mass is 10.1. The molecule has 0 saturated carbocycles. The van der Waals surface area contributed by atoms with Gasteiger partial charge in [0.05, 0.1) is 0 Å². The summed E-state index contributed by atoms with van der Waals surface area (Å²) in [5, 5.41) is 2.70. The average Bonchev–Trinajstić information content (AvgIpc) is 2.38. The van der Waals surface area contributed by atoms with Gasteiger partial charge in [-0.05, 0) is 31.5 Å². The van der Waals surface area contributed by atoms with Crippen molar-refractivity contribution in [2.75, 3.05) is 6.54 Å². The molecule has 5 heteroatoms. The lowest BCUT2D eigenvalue weighted by molar-refractivity contribution is -0.127. The number of benzene rings is 1. The van der Waals surface area contributed by atoms with Gasteiger partial charge in [-0.15, -0.1) is 6.58 Å². The van der Waals surface area contributed by atoms with Crippen molar-refractivity contribution in [3.05, 3.63) is 40.4 Å². The minimum Gasteiger partial charge on any atom is -0.480 e. The SMILES string of the molecule is C=CCNC(=O)C(C)Oc1c(C)cc(Br)cc1CN. The Kier molecular flexibility index (Phi) is 6.05. The third kappa shape index (κ3) is 4.36. The molecule has 1 atom stereocenters. The van der Waals surface area contributed by atoms with Gasteiger partial charge >= 0.3 is 0 Å². The number of hydrogen-bond donors (Lipinski definition) is 2. The quantitative estimate of drug-likeness (QED) is 0.788. The summed E-state index contributed by atoms with van der Waals surface area (Å²) in [5.74, 6) is 0.497. The zero-order valence-electron chi connectivity index (χ0n) is 11.2. The Labute approximate surface area is 122 Å². The number of ether oxygens (including phenoxy) is 1. The fraction of sp³-hybridized carbons (Fsp3) is 0.357. The first-order valence-electron chi connectivity index (χ1n) is 6.04. The van der Waals surface area contributed by atoms with Gasteiger partial charge in [0.25, 0.3) is 5.91 Å². The molecule has 0 spiro atoms. The van der Waals surface area contributed by atoms with E-state index in [0.29, 0.717) is 18.8 Å². The summed E-state index contributed by atoms with van der Waals surface area (Å²) in [6.45, 7) is 7.97. The van der Waals surface area contributed by atoms with Crippen LogP contribution in [-0.4, -0.2) is 18.6 Å². The molecule has 1 amide bonds. The molecule has 1 unspecified atom stereocenters. The summed E-state index contributed by atoms with van der Waals surface area (Å²) < 4.78 is 6.68. The molecule has 0 aromatic heterocycles. The minimum absolute atomic E-state index is 0.176.